The van der Waals surface area contributed by atoms with Crippen molar-refractivity contribution in [1.29, 1.82) is 0 Å². The molecule has 6 amide bonds. The number of carbonyl (C=O) groups excluding carboxylic acids is 6. The van der Waals surface area contributed by atoms with Crippen molar-refractivity contribution in [1.82, 2.24) is 21.3 Å². The molecule has 0 bridgehead atoms. The number of anilines is 1. The van der Waals surface area contributed by atoms with Crippen LogP contribution in [0.2, 0.25) is 0 Å². The van der Waals surface area contributed by atoms with Gasteiger partial charge >= 0.3 is 6.03 Å². The van der Waals surface area contributed by atoms with Gasteiger partial charge in [0.1, 0.15) is 12.1 Å². The van der Waals surface area contributed by atoms with E-state index in [0.717, 1.165) is 16.3 Å². The molecule has 0 fully saturated rings. The summed E-state index contributed by atoms with van der Waals surface area (Å²) in [7, 11) is 0. The number of nitrogens with one attached hydrogen (secondary N) is 5. The summed E-state index contributed by atoms with van der Waals surface area (Å²) in [5, 5.41) is 14.8. The monoisotopic (exact) mass is 644 g/mol. The third-order valence-corrected chi connectivity index (χ3v) is 7.72. The van der Waals surface area contributed by atoms with Crippen LogP contribution in [-0.4, -0.2) is 60.1 Å². The van der Waals surface area contributed by atoms with Crippen molar-refractivity contribution in [3.8, 4) is 0 Å². The van der Waals surface area contributed by atoms with Gasteiger partial charge in [-0.05, 0) is 46.7 Å². The van der Waals surface area contributed by atoms with E-state index in [1.165, 1.54) is 0 Å². The molecule has 4 atom stereocenters. The van der Waals surface area contributed by atoms with Gasteiger partial charge in [0.25, 0.3) is 5.91 Å². The van der Waals surface area contributed by atoms with Gasteiger partial charge in [0.2, 0.25) is 23.5 Å². The Morgan fingerprint density at radius 3 is 2.06 bits per heavy atom. The normalized spacial score (nSPS) is 13.5. The number of amides is 6. The molecule has 47 heavy (non-hydrogen) atoms. The number of Topliss-reactive ketones (excluding diaryl/α,β-unsaturated/α-hetero) is 1. The van der Waals surface area contributed by atoms with Crippen molar-refractivity contribution < 1.29 is 28.8 Å². The molecule has 0 aliphatic heterocycles. The lowest BCUT2D eigenvalue weighted by Gasteiger charge is -2.26. The SMILES string of the molecule is CCC(C)C(NC(=O)C(CC(C)C)NC(=O)Nc1ccccc1)C(=O)C(=O)NCC(=O)NC(Cc1ccc2ccccc2c1)C(N)=O. The van der Waals surface area contributed by atoms with Crippen LogP contribution < -0.4 is 32.3 Å². The lowest BCUT2D eigenvalue weighted by atomic mass is 9.94. The summed E-state index contributed by atoms with van der Waals surface area (Å²) in [6.07, 6.45) is 0.869. The van der Waals surface area contributed by atoms with Crippen molar-refractivity contribution in [3.05, 3.63) is 78.4 Å². The number of benzene rings is 3. The first-order valence-electron chi connectivity index (χ1n) is 15.7. The molecule has 3 rings (SSSR count). The molecule has 0 saturated heterocycles. The molecule has 3 aromatic carbocycles. The molecular weight excluding hydrogens is 600 g/mol. The zero-order chi connectivity index (χ0) is 34.5. The zero-order valence-electron chi connectivity index (χ0n) is 27.2. The second-order valence-electron chi connectivity index (χ2n) is 12.0. The van der Waals surface area contributed by atoms with Gasteiger partial charge in [-0.2, -0.15) is 0 Å². The summed E-state index contributed by atoms with van der Waals surface area (Å²) in [5.74, 6) is -4.53. The summed E-state index contributed by atoms with van der Waals surface area (Å²) in [6, 6.07) is 18.2. The molecule has 250 valence electrons. The zero-order valence-corrected chi connectivity index (χ0v) is 27.2. The maximum Gasteiger partial charge on any atom is 0.319 e. The predicted molar refractivity (Wildman–Crippen MR) is 180 cm³/mol. The molecule has 0 aromatic heterocycles. The molecule has 0 aliphatic carbocycles. The van der Waals surface area contributed by atoms with Crippen molar-refractivity contribution in [2.75, 3.05) is 11.9 Å². The summed E-state index contributed by atoms with van der Waals surface area (Å²) >= 11 is 0. The number of nitrogens with two attached hydrogens (primary N) is 1. The van der Waals surface area contributed by atoms with Crippen LogP contribution in [0.1, 0.15) is 46.1 Å². The van der Waals surface area contributed by atoms with E-state index >= 15 is 0 Å². The number of ketones is 1. The molecule has 0 aliphatic rings. The summed E-state index contributed by atoms with van der Waals surface area (Å²) in [4.78, 5) is 77.0. The molecule has 0 spiro atoms. The van der Waals surface area contributed by atoms with Crippen molar-refractivity contribution >= 4 is 51.9 Å². The average molecular weight is 645 g/mol. The van der Waals surface area contributed by atoms with E-state index < -0.39 is 66.0 Å². The Hall–Kier alpha value is -5.26. The third-order valence-electron chi connectivity index (χ3n) is 7.72. The fourth-order valence-corrected chi connectivity index (χ4v) is 4.96. The van der Waals surface area contributed by atoms with E-state index in [9.17, 15) is 28.8 Å². The summed E-state index contributed by atoms with van der Waals surface area (Å²) in [6.45, 7) is 6.69. The van der Waals surface area contributed by atoms with Gasteiger partial charge in [-0.1, -0.05) is 94.8 Å². The highest BCUT2D eigenvalue weighted by Crippen LogP contribution is 2.17. The Bertz CT molecular complexity index is 1580. The van der Waals surface area contributed by atoms with Crippen molar-refractivity contribution in [2.45, 2.75) is 65.1 Å². The number of para-hydroxylation sites is 1. The van der Waals surface area contributed by atoms with E-state index in [2.05, 4.69) is 26.6 Å². The molecule has 0 radical (unpaired) electrons. The van der Waals surface area contributed by atoms with Crippen molar-refractivity contribution in [3.63, 3.8) is 0 Å². The highest BCUT2D eigenvalue weighted by molar-refractivity contribution is 6.38. The van der Waals surface area contributed by atoms with Crippen LogP contribution in [0.5, 0.6) is 0 Å². The number of hydrogen-bond acceptors (Lipinski definition) is 6. The van der Waals surface area contributed by atoms with Gasteiger partial charge in [0.15, 0.2) is 0 Å². The van der Waals surface area contributed by atoms with E-state index in [4.69, 9.17) is 5.73 Å². The first kappa shape index (κ1) is 36.2. The maximum absolute atomic E-state index is 13.4. The number of hydrogen-bond donors (Lipinski definition) is 6. The molecule has 12 nitrogen and oxygen atoms in total. The predicted octanol–water partition coefficient (Wildman–Crippen LogP) is 2.81. The van der Waals surface area contributed by atoms with Gasteiger partial charge in [0.05, 0.1) is 12.6 Å². The number of carbonyl (C=O) groups is 6. The summed E-state index contributed by atoms with van der Waals surface area (Å²) in [5.41, 5.74) is 6.86. The first-order chi connectivity index (χ1) is 22.4. The quantitative estimate of drug-likeness (QED) is 0.130. The van der Waals surface area contributed by atoms with E-state index in [-0.39, 0.29) is 18.8 Å². The average Bonchev–Trinajstić information content (AvgIpc) is 3.04. The Labute approximate surface area is 274 Å². The molecular formula is C35H44N6O6. The summed E-state index contributed by atoms with van der Waals surface area (Å²) < 4.78 is 0. The number of fused-ring (bicyclic) bond motifs is 1. The Morgan fingerprint density at radius 2 is 1.43 bits per heavy atom. The second kappa shape index (κ2) is 17.4. The third kappa shape index (κ3) is 11.2. The Morgan fingerprint density at radius 1 is 0.766 bits per heavy atom. The second-order valence-corrected chi connectivity index (χ2v) is 12.0. The van der Waals surface area contributed by atoms with Crippen LogP contribution in [-0.2, 0) is 30.4 Å². The fourth-order valence-electron chi connectivity index (χ4n) is 4.96. The molecule has 0 heterocycles. The van der Waals surface area contributed by atoms with E-state index in [0.29, 0.717) is 12.1 Å². The fraction of sp³-hybridized carbons (Fsp3) is 0.371. The van der Waals surface area contributed by atoms with Crippen LogP contribution in [0.25, 0.3) is 10.8 Å². The smallest absolute Gasteiger partial charge is 0.319 e. The number of rotatable bonds is 16. The largest absolute Gasteiger partial charge is 0.368 e. The van der Waals surface area contributed by atoms with Gasteiger partial charge in [0, 0.05) is 12.1 Å². The standard InChI is InChI=1S/C35H44N6O6/c1-5-22(4)30(41-33(45)28(17-21(2)3)40-35(47)38-26-13-7-6-8-14-26)31(43)34(46)37-20-29(42)39-27(32(36)44)19-23-15-16-24-11-9-10-12-25(24)18-23/h6-16,18,21-22,27-28,30H,5,17,19-20H2,1-4H3,(H2,36,44)(H,37,46)(H,39,42)(H,41,45)(H2,38,40,47). The first-order valence-corrected chi connectivity index (χ1v) is 15.7. The molecule has 0 saturated carbocycles. The molecule has 7 N–H and O–H groups in total. The number of urea groups is 1. The van der Waals surface area contributed by atoms with E-state index in [1.54, 1.807) is 44.2 Å². The molecule has 12 heteroatoms. The van der Waals surface area contributed by atoms with Crippen LogP contribution in [0.3, 0.4) is 0 Å². The minimum atomic E-state index is -1.21. The lowest BCUT2D eigenvalue weighted by Crippen LogP contribution is -2.57. The van der Waals surface area contributed by atoms with Crippen LogP contribution in [0.15, 0.2) is 72.8 Å². The topological polar surface area (TPSA) is 189 Å². The highest BCUT2D eigenvalue weighted by atomic mass is 16.2. The highest BCUT2D eigenvalue weighted by Gasteiger charge is 2.34. The maximum atomic E-state index is 13.4. The molecule has 4 unspecified atom stereocenters. The van der Waals surface area contributed by atoms with Gasteiger partial charge in [-0.25, -0.2) is 4.79 Å². The number of primary amides is 1. The van der Waals surface area contributed by atoms with E-state index in [1.807, 2.05) is 56.3 Å². The Kier molecular flexibility index (Phi) is 13.4. The van der Waals surface area contributed by atoms with Gasteiger partial charge in [-0.15, -0.1) is 0 Å². The molecule has 3 aromatic rings. The van der Waals surface area contributed by atoms with Gasteiger partial charge < -0.3 is 32.3 Å². The van der Waals surface area contributed by atoms with Crippen LogP contribution in [0, 0.1) is 11.8 Å². The van der Waals surface area contributed by atoms with Crippen LogP contribution >= 0.6 is 0 Å². The van der Waals surface area contributed by atoms with Gasteiger partial charge in [-0.3, -0.25) is 24.0 Å². The van der Waals surface area contributed by atoms with Crippen molar-refractivity contribution in [2.24, 2.45) is 17.6 Å². The lowest BCUT2D eigenvalue weighted by molar-refractivity contribution is -0.141. The Balaban J connectivity index is 1.60. The minimum Gasteiger partial charge on any atom is -0.368 e. The minimum absolute atomic E-state index is 0.0211. The van der Waals surface area contributed by atoms with Crippen LogP contribution in [0.4, 0.5) is 10.5 Å².